The minimum Gasteiger partial charge on any atom is -0.462 e. The lowest BCUT2D eigenvalue weighted by Gasteiger charge is -2.07. The van der Waals surface area contributed by atoms with Gasteiger partial charge < -0.3 is 13.8 Å². The molecule has 0 amide bonds. The Balaban J connectivity index is 1.98. The summed E-state index contributed by atoms with van der Waals surface area (Å²) < 4.78 is 12.8. The van der Waals surface area contributed by atoms with Crippen molar-refractivity contribution in [2.45, 2.75) is 45.6 Å². The third kappa shape index (κ3) is 2.67. The molecule has 3 aromatic rings. The number of rotatable bonds is 5. The van der Waals surface area contributed by atoms with Crippen molar-refractivity contribution in [1.29, 1.82) is 0 Å². The molecule has 3 aromatic heterocycles. The maximum Gasteiger partial charge on any atom is 0.344 e. The molecule has 0 radical (unpaired) electrons. The van der Waals surface area contributed by atoms with Crippen molar-refractivity contribution < 1.29 is 14.1 Å². The maximum atomic E-state index is 12.6. The number of nitrogens with zero attached hydrogens (tertiary/aromatic N) is 4. The molecule has 0 aromatic carbocycles. The Bertz CT molecular complexity index is 988. The standard InChI is InChI=1S/C18H19ClN4O3/c1-4-25-18(24)13-14(22-26-15(13)10-5-6-10)11-7-23(9(2)3)17-12(11)16(19)20-8-21-17/h7-10H,4-6H2,1-3H3. The largest absolute Gasteiger partial charge is 0.462 e. The van der Waals surface area contributed by atoms with Crippen LogP contribution in [0.4, 0.5) is 0 Å². The van der Waals surface area contributed by atoms with Crippen LogP contribution in [0.25, 0.3) is 22.3 Å². The minimum absolute atomic E-state index is 0.151. The lowest BCUT2D eigenvalue weighted by molar-refractivity contribution is 0.0524. The topological polar surface area (TPSA) is 83.0 Å². The number of carbonyl (C=O) groups excluding carboxylic acids is 1. The average molecular weight is 375 g/mol. The lowest BCUT2D eigenvalue weighted by atomic mass is 10.0. The summed E-state index contributed by atoms with van der Waals surface area (Å²) in [5.41, 5.74) is 2.20. The van der Waals surface area contributed by atoms with E-state index in [1.54, 1.807) is 6.92 Å². The highest BCUT2D eigenvalue weighted by Crippen LogP contribution is 2.45. The Morgan fingerprint density at radius 3 is 2.85 bits per heavy atom. The molecule has 0 atom stereocenters. The summed E-state index contributed by atoms with van der Waals surface area (Å²) in [6.45, 7) is 6.15. The highest BCUT2D eigenvalue weighted by molar-refractivity contribution is 6.35. The quantitative estimate of drug-likeness (QED) is 0.487. The van der Waals surface area contributed by atoms with E-state index in [1.807, 2.05) is 24.6 Å². The van der Waals surface area contributed by atoms with Crippen molar-refractivity contribution >= 4 is 28.6 Å². The molecule has 8 heteroatoms. The van der Waals surface area contributed by atoms with E-state index in [4.69, 9.17) is 20.9 Å². The zero-order valence-corrected chi connectivity index (χ0v) is 15.6. The van der Waals surface area contributed by atoms with Gasteiger partial charge in [0.15, 0.2) is 5.76 Å². The summed E-state index contributed by atoms with van der Waals surface area (Å²) >= 11 is 6.37. The van der Waals surface area contributed by atoms with Crippen molar-refractivity contribution in [2.24, 2.45) is 0 Å². The number of hydrogen-bond donors (Lipinski definition) is 0. The van der Waals surface area contributed by atoms with E-state index < -0.39 is 5.97 Å². The van der Waals surface area contributed by atoms with Gasteiger partial charge >= 0.3 is 5.97 Å². The second-order valence-corrected chi connectivity index (χ2v) is 7.03. The first kappa shape index (κ1) is 17.0. The molecule has 0 spiro atoms. The molecule has 1 saturated carbocycles. The fourth-order valence-corrected chi connectivity index (χ4v) is 3.36. The van der Waals surface area contributed by atoms with E-state index in [0.29, 0.717) is 38.8 Å². The number of fused-ring (bicyclic) bond motifs is 1. The Labute approximate surface area is 155 Å². The molecule has 1 fully saturated rings. The average Bonchev–Trinajstić information content (AvgIpc) is 3.22. The van der Waals surface area contributed by atoms with Gasteiger partial charge in [-0.25, -0.2) is 14.8 Å². The molecule has 0 saturated heterocycles. The molecule has 7 nitrogen and oxygen atoms in total. The van der Waals surface area contributed by atoms with E-state index in [9.17, 15) is 4.79 Å². The molecular formula is C18H19ClN4O3. The Morgan fingerprint density at radius 2 is 2.19 bits per heavy atom. The monoisotopic (exact) mass is 374 g/mol. The molecule has 0 unspecified atom stereocenters. The first-order valence-corrected chi connectivity index (χ1v) is 9.08. The molecule has 3 heterocycles. The SMILES string of the molecule is CCOC(=O)c1c(-c2cn(C(C)C)c3ncnc(Cl)c23)noc1C1CC1. The second kappa shape index (κ2) is 6.39. The van der Waals surface area contributed by atoms with E-state index in [2.05, 4.69) is 15.1 Å². The predicted octanol–water partition coefficient (Wildman–Crippen LogP) is 4.37. The van der Waals surface area contributed by atoms with Crippen LogP contribution in [0.2, 0.25) is 5.15 Å². The predicted molar refractivity (Wildman–Crippen MR) is 96.4 cm³/mol. The molecule has 0 N–H and O–H groups in total. The first-order chi connectivity index (χ1) is 12.5. The van der Waals surface area contributed by atoms with Crippen molar-refractivity contribution in [2.75, 3.05) is 6.61 Å². The number of esters is 1. The van der Waals surface area contributed by atoms with Crippen LogP contribution in [0.3, 0.4) is 0 Å². The van der Waals surface area contributed by atoms with Gasteiger partial charge in [-0.15, -0.1) is 0 Å². The number of carbonyl (C=O) groups is 1. The van der Waals surface area contributed by atoms with Crippen LogP contribution in [-0.4, -0.2) is 32.3 Å². The molecule has 0 bridgehead atoms. The van der Waals surface area contributed by atoms with Gasteiger partial charge in [0.2, 0.25) is 0 Å². The third-order valence-electron chi connectivity index (χ3n) is 4.52. The lowest BCUT2D eigenvalue weighted by Crippen LogP contribution is -2.07. The van der Waals surface area contributed by atoms with Crippen molar-refractivity contribution in [3.05, 3.63) is 29.0 Å². The maximum absolute atomic E-state index is 12.6. The number of hydrogen-bond acceptors (Lipinski definition) is 6. The van der Waals surface area contributed by atoms with Gasteiger partial charge in [-0.05, 0) is 33.6 Å². The minimum atomic E-state index is -0.427. The van der Waals surface area contributed by atoms with E-state index in [0.717, 1.165) is 12.8 Å². The van der Waals surface area contributed by atoms with E-state index >= 15 is 0 Å². The second-order valence-electron chi connectivity index (χ2n) is 6.67. The summed E-state index contributed by atoms with van der Waals surface area (Å²) in [6, 6.07) is 0.151. The summed E-state index contributed by atoms with van der Waals surface area (Å²) in [6.07, 6.45) is 5.29. The van der Waals surface area contributed by atoms with Crippen molar-refractivity contribution in [1.82, 2.24) is 19.7 Å². The summed E-state index contributed by atoms with van der Waals surface area (Å²) in [5.74, 6) is 0.391. The molecular weight excluding hydrogens is 356 g/mol. The summed E-state index contributed by atoms with van der Waals surface area (Å²) in [4.78, 5) is 21.1. The van der Waals surface area contributed by atoms with Crippen LogP contribution in [0, 0.1) is 0 Å². The zero-order valence-electron chi connectivity index (χ0n) is 14.8. The molecule has 0 aliphatic heterocycles. The van der Waals surface area contributed by atoms with E-state index in [1.165, 1.54) is 6.33 Å². The van der Waals surface area contributed by atoms with Gasteiger partial charge in [0.25, 0.3) is 0 Å². The van der Waals surface area contributed by atoms with Crippen LogP contribution in [0.15, 0.2) is 17.0 Å². The summed E-state index contributed by atoms with van der Waals surface area (Å²) in [5, 5.41) is 5.18. The van der Waals surface area contributed by atoms with Gasteiger partial charge in [0, 0.05) is 23.7 Å². The van der Waals surface area contributed by atoms with Crippen LogP contribution >= 0.6 is 11.6 Å². The Hall–Kier alpha value is -2.41. The highest BCUT2D eigenvalue weighted by Gasteiger charge is 2.37. The Morgan fingerprint density at radius 1 is 1.42 bits per heavy atom. The molecule has 1 aliphatic rings. The van der Waals surface area contributed by atoms with Gasteiger partial charge in [0.1, 0.15) is 28.4 Å². The van der Waals surface area contributed by atoms with Crippen LogP contribution in [0.5, 0.6) is 0 Å². The van der Waals surface area contributed by atoms with Crippen molar-refractivity contribution in [3.8, 4) is 11.3 Å². The number of halogens is 1. The molecule has 136 valence electrons. The number of aromatic nitrogens is 4. The summed E-state index contributed by atoms with van der Waals surface area (Å²) in [7, 11) is 0. The van der Waals surface area contributed by atoms with Gasteiger partial charge in [-0.3, -0.25) is 0 Å². The normalized spacial score (nSPS) is 14.3. The zero-order chi connectivity index (χ0) is 18.4. The molecule has 4 rings (SSSR count). The van der Waals surface area contributed by atoms with Crippen LogP contribution in [-0.2, 0) is 4.74 Å². The third-order valence-corrected chi connectivity index (χ3v) is 4.81. The fraction of sp³-hybridized carbons (Fsp3) is 0.444. The van der Waals surface area contributed by atoms with Gasteiger partial charge in [-0.1, -0.05) is 16.8 Å². The van der Waals surface area contributed by atoms with Crippen LogP contribution in [0.1, 0.15) is 61.7 Å². The molecule has 26 heavy (non-hydrogen) atoms. The molecule has 1 aliphatic carbocycles. The Kier molecular flexibility index (Phi) is 4.19. The van der Waals surface area contributed by atoms with Gasteiger partial charge in [0.05, 0.1) is 12.0 Å². The number of ether oxygens (including phenoxy) is 1. The first-order valence-electron chi connectivity index (χ1n) is 8.71. The highest BCUT2D eigenvalue weighted by atomic mass is 35.5. The fourth-order valence-electron chi connectivity index (χ4n) is 3.13. The van der Waals surface area contributed by atoms with Gasteiger partial charge in [-0.2, -0.15) is 0 Å². The van der Waals surface area contributed by atoms with Crippen molar-refractivity contribution in [3.63, 3.8) is 0 Å². The van der Waals surface area contributed by atoms with E-state index in [-0.39, 0.29) is 18.6 Å². The van der Waals surface area contributed by atoms with Crippen LogP contribution < -0.4 is 0 Å². The smallest absolute Gasteiger partial charge is 0.344 e.